The molecule has 4 saturated carbocycles. The van der Waals surface area contributed by atoms with E-state index in [2.05, 4.69) is 0 Å². The van der Waals surface area contributed by atoms with Gasteiger partial charge in [-0.25, -0.2) is 0 Å². The second-order valence-corrected chi connectivity index (χ2v) is 9.32. The number of rotatable bonds is 6. The Morgan fingerprint density at radius 2 is 1.71 bits per heavy atom. The largest absolute Gasteiger partial charge is 0.497 e. The lowest BCUT2D eigenvalue weighted by Gasteiger charge is -2.56. The second kappa shape index (κ2) is 6.29. The van der Waals surface area contributed by atoms with Gasteiger partial charge in [-0.05, 0) is 74.5 Å². The molecule has 0 aliphatic heterocycles. The van der Waals surface area contributed by atoms with Crippen LogP contribution in [0.3, 0.4) is 0 Å². The van der Waals surface area contributed by atoms with Gasteiger partial charge in [0.1, 0.15) is 11.5 Å². The van der Waals surface area contributed by atoms with Crippen molar-refractivity contribution in [1.29, 1.82) is 0 Å². The third-order valence-electron chi connectivity index (χ3n) is 6.20. The van der Waals surface area contributed by atoms with Crippen molar-refractivity contribution >= 4 is 17.5 Å². The van der Waals surface area contributed by atoms with Crippen LogP contribution in [-0.2, 0) is 0 Å². The van der Waals surface area contributed by atoms with Crippen LogP contribution in [0.4, 0.5) is 0 Å². The Labute approximate surface area is 148 Å². The van der Waals surface area contributed by atoms with Gasteiger partial charge >= 0.3 is 0 Å². The van der Waals surface area contributed by atoms with Crippen molar-refractivity contribution in [1.82, 2.24) is 0 Å². The SMILES string of the molecule is COc1ccc(OC)c(C(=O)CSC23CC4CC(CC(C4)C2)C3)c1. The molecule has 0 aromatic heterocycles. The fraction of sp³-hybridized carbons (Fsp3) is 0.650. The van der Waals surface area contributed by atoms with Crippen LogP contribution in [0.25, 0.3) is 0 Å². The summed E-state index contributed by atoms with van der Waals surface area (Å²) in [6, 6.07) is 5.46. The van der Waals surface area contributed by atoms with Gasteiger partial charge < -0.3 is 9.47 Å². The molecular formula is C20H26O3S. The molecule has 0 amide bonds. The number of ketones is 1. The van der Waals surface area contributed by atoms with E-state index in [1.165, 1.54) is 38.5 Å². The van der Waals surface area contributed by atoms with Crippen LogP contribution in [0.5, 0.6) is 11.5 Å². The summed E-state index contributed by atoms with van der Waals surface area (Å²) in [6.45, 7) is 0. The van der Waals surface area contributed by atoms with Gasteiger partial charge in [0.05, 0.1) is 25.5 Å². The van der Waals surface area contributed by atoms with Crippen LogP contribution < -0.4 is 9.47 Å². The molecule has 4 aliphatic rings. The summed E-state index contributed by atoms with van der Waals surface area (Å²) in [5, 5.41) is 0. The molecule has 24 heavy (non-hydrogen) atoms. The Hall–Kier alpha value is -1.16. The Kier molecular flexibility index (Phi) is 4.27. The number of ether oxygens (including phenoxy) is 2. The van der Waals surface area contributed by atoms with Gasteiger partial charge in [-0.2, -0.15) is 0 Å². The molecule has 4 fully saturated rings. The number of Topliss-reactive ketones (excluding diaryl/α,β-unsaturated/α-hetero) is 1. The third-order valence-corrected chi connectivity index (χ3v) is 7.72. The van der Waals surface area contributed by atoms with E-state index < -0.39 is 0 Å². The van der Waals surface area contributed by atoms with Crippen LogP contribution in [0.15, 0.2) is 18.2 Å². The molecule has 3 nitrogen and oxygen atoms in total. The number of hydrogen-bond donors (Lipinski definition) is 0. The van der Waals surface area contributed by atoms with Gasteiger partial charge in [0.15, 0.2) is 5.78 Å². The highest BCUT2D eigenvalue weighted by Gasteiger charge is 2.51. The zero-order chi connectivity index (χ0) is 16.7. The van der Waals surface area contributed by atoms with E-state index in [-0.39, 0.29) is 5.78 Å². The van der Waals surface area contributed by atoms with Crippen LogP contribution in [0.1, 0.15) is 48.9 Å². The molecule has 0 saturated heterocycles. The minimum absolute atomic E-state index is 0.159. The highest BCUT2D eigenvalue weighted by Crippen LogP contribution is 2.60. The summed E-state index contributed by atoms with van der Waals surface area (Å²) in [7, 11) is 3.24. The molecule has 0 spiro atoms. The van der Waals surface area contributed by atoms with Crippen LogP contribution in [0, 0.1) is 17.8 Å². The first kappa shape index (κ1) is 16.3. The predicted octanol–water partition coefficient (Wildman–Crippen LogP) is 4.59. The van der Waals surface area contributed by atoms with Crippen LogP contribution in [-0.4, -0.2) is 30.5 Å². The van der Waals surface area contributed by atoms with E-state index in [0.717, 1.165) is 17.8 Å². The van der Waals surface area contributed by atoms with E-state index in [9.17, 15) is 4.79 Å². The minimum atomic E-state index is 0.159. The average Bonchev–Trinajstić information content (AvgIpc) is 2.58. The maximum Gasteiger partial charge on any atom is 0.176 e. The van der Waals surface area contributed by atoms with Crippen LogP contribution >= 0.6 is 11.8 Å². The molecule has 5 rings (SSSR count). The van der Waals surface area contributed by atoms with Crippen molar-refractivity contribution in [2.45, 2.75) is 43.3 Å². The molecule has 4 heteroatoms. The first-order valence-corrected chi connectivity index (χ1v) is 9.98. The number of hydrogen-bond acceptors (Lipinski definition) is 4. The summed E-state index contributed by atoms with van der Waals surface area (Å²) < 4.78 is 11.0. The standard InChI is InChI=1S/C20H26O3S/c1-22-16-3-4-19(23-2)17(8-16)18(21)12-24-20-9-13-5-14(10-20)7-15(6-13)11-20/h3-4,8,13-15H,5-7,9-12H2,1-2H3. The molecule has 130 valence electrons. The highest BCUT2D eigenvalue weighted by molar-refractivity contribution is 8.01. The van der Waals surface area contributed by atoms with Crippen molar-refractivity contribution in [3.8, 4) is 11.5 Å². The molecule has 0 atom stereocenters. The molecule has 0 unspecified atom stereocenters. The number of carbonyl (C=O) groups is 1. The Morgan fingerprint density at radius 1 is 1.08 bits per heavy atom. The molecule has 1 aromatic rings. The molecule has 4 aliphatic carbocycles. The number of carbonyl (C=O) groups excluding carboxylic acids is 1. The molecule has 4 bridgehead atoms. The number of thioether (sulfide) groups is 1. The Bertz CT molecular complexity index is 604. The first-order chi connectivity index (χ1) is 11.6. The summed E-state index contributed by atoms with van der Waals surface area (Å²) in [5.74, 6) is 4.83. The van der Waals surface area contributed by atoms with Gasteiger partial charge in [0.25, 0.3) is 0 Å². The zero-order valence-electron chi connectivity index (χ0n) is 14.5. The molecule has 0 radical (unpaired) electrons. The van der Waals surface area contributed by atoms with E-state index >= 15 is 0 Å². The lowest BCUT2D eigenvalue weighted by molar-refractivity contribution is 0.0383. The zero-order valence-corrected chi connectivity index (χ0v) is 15.4. The quantitative estimate of drug-likeness (QED) is 0.706. The normalized spacial score (nSPS) is 33.5. The van der Waals surface area contributed by atoms with E-state index in [4.69, 9.17) is 9.47 Å². The van der Waals surface area contributed by atoms with Crippen LogP contribution in [0.2, 0.25) is 0 Å². The first-order valence-electron chi connectivity index (χ1n) is 9.00. The Balaban J connectivity index is 1.47. The van der Waals surface area contributed by atoms with Gasteiger partial charge in [-0.1, -0.05) is 0 Å². The molecule has 1 aromatic carbocycles. The fourth-order valence-electron chi connectivity index (χ4n) is 5.54. The maximum atomic E-state index is 12.8. The van der Waals surface area contributed by atoms with E-state index in [1.807, 2.05) is 23.9 Å². The van der Waals surface area contributed by atoms with Crippen molar-refractivity contribution in [2.75, 3.05) is 20.0 Å². The van der Waals surface area contributed by atoms with Crippen molar-refractivity contribution in [3.63, 3.8) is 0 Å². The smallest absolute Gasteiger partial charge is 0.176 e. The summed E-state index contributed by atoms with van der Waals surface area (Å²) in [5.41, 5.74) is 0.647. The lowest BCUT2D eigenvalue weighted by atomic mass is 9.56. The third kappa shape index (κ3) is 2.94. The lowest BCUT2D eigenvalue weighted by Crippen LogP contribution is -2.48. The Morgan fingerprint density at radius 3 is 2.25 bits per heavy atom. The number of methoxy groups -OCH3 is 2. The molecule has 0 heterocycles. The van der Waals surface area contributed by atoms with E-state index in [1.54, 1.807) is 20.3 Å². The van der Waals surface area contributed by atoms with E-state index in [0.29, 0.717) is 27.6 Å². The highest BCUT2D eigenvalue weighted by atomic mass is 32.2. The van der Waals surface area contributed by atoms with Gasteiger partial charge in [0.2, 0.25) is 0 Å². The van der Waals surface area contributed by atoms with Gasteiger partial charge in [-0.15, -0.1) is 11.8 Å². The summed E-state index contributed by atoms with van der Waals surface area (Å²) >= 11 is 1.92. The monoisotopic (exact) mass is 346 g/mol. The maximum absolute atomic E-state index is 12.8. The summed E-state index contributed by atoms with van der Waals surface area (Å²) in [4.78, 5) is 12.8. The van der Waals surface area contributed by atoms with Crippen molar-refractivity contribution < 1.29 is 14.3 Å². The van der Waals surface area contributed by atoms with Gasteiger partial charge in [0, 0.05) is 4.75 Å². The second-order valence-electron chi connectivity index (χ2n) is 7.88. The fourth-order valence-corrected chi connectivity index (χ4v) is 7.19. The summed E-state index contributed by atoms with van der Waals surface area (Å²) in [6.07, 6.45) is 8.30. The van der Waals surface area contributed by atoms with Crippen molar-refractivity contribution in [2.24, 2.45) is 17.8 Å². The van der Waals surface area contributed by atoms with Gasteiger partial charge in [-0.3, -0.25) is 4.79 Å². The van der Waals surface area contributed by atoms with Crippen molar-refractivity contribution in [3.05, 3.63) is 23.8 Å². The molecular weight excluding hydrogens is 320 g/mol. The topological polar surface area (TPSA) is 35.5 Å². The molecule has 0 N–H and O–H groups in total. The minimum Gasteiger partial charge on any atom is -0.497 e. The number of benzene rings is 1. The average molecular weight is 346 g/mol. The predicted molar refractivity (Wildman–Crippen MR) is 97.2 cm³/mol.